The van der Waals surface area contributed by atoms with Gasteiger partial charge in [-0.05, 0) is 13.3 Å². The van der Waals surface area contributed by atoms with Crippen molar-refractivity contribution in [2.75, 3.05) is 40.4 Å². The lowest BCUT2D eigenvalue weighted by Gasteiger charge is -2.33. The lowest BCUT2D eigenvalue weighted by atomic mass is 9.74. The zero-order valence-corrected chi connectivity index (χ0v) is 15.7. The summed E-state index contributed by atoms with van der Waals surface area (Å²) in [6, 6.07) is 1.21. The molecule has 0 radical (unpaired) electrons. The minimum Gasteiger partial charge on any atom is -0.481 e. The van der Waals surface area contributed by atoms with E-state index in [-0.39, 0.29) is 35.4 Å². The van der Waals surface area contributed by atoms with Crippen LogP contribution in [0.3, 0.4) is 0 Å². The molecule has 9 nitrogen and oxygen atoms in total. The monoisotopic (exact) mass is 386 g/mol. The fraction of sp³-hybridized carbons (Fsp3) is 0.625. The Balaban J connectivity index is 1.89. The molecule has 0 bridgehead atoms. The van der Waals surface area contributed by atoms with Crippen LogP contribution in [-0.2, 0) is 19.6 Å². The number of ether oxygens (including phenoxy) is 1. The Morgan fingerprint density at radius 1 is 1.38 bits per heavy atom. The first-order valence-electron chi connectivity index (χ1n) is 8.23. The average molecular weight is 386 g/mol. The van der Waals surface area contributed by atoms with E-state index in [9.17, 15) is 23.1 Å². The summed E-state index contributed by atoms with van der Waals surface area (Å²) in [7, 11) is -1.06. The van der Waals surface area contributed by atoms with E-state index in [4.69, 9.17) is 9.15 Å². The van der Waals surface area contributed by atoms with E-state index in [1.165, 1.54) is 32.0 Å². The molecule has 1 N–H and O–H groups in total. The molecule has 0 spiro atoms. The van der Waals surface area contributed by atoms with Crippen molar-refractivity contribution >= 4 is 21.9 Å². The van der Waals surface area contributed by atoms with E-state index in [1.807, 2.05) is 0 Å². The Hall–Kier alpha value is -1.91. The van der Waals surface area contributed by atoms with Crippen molar-refractivity contribution in [3.8, 4) is 0 Å². The molecule has 3 heterocycles. The summed E-state index contributed by atoms with van der Waals surface area (Å²) < 4.78 is 36.1. The van der Waals surface area contributed by atoms with Crippen LogP contribution in [0.15, 0.2) is 15.6 Å². The van der Waals surface area contributed by atoms with Crippen LogP contribution in [0.1, 0.15) is 22.5 Å². The average Bonchev–Trinajstić information content (AvgIpc) is 3.16. The Morgan fingerprint density at radius 2 is 2.08 bits per heavy atom. The number of rotatable bonds is 4. The van der Waals surface area contributed by atoms with Gasteiger partial charge in [-0.1, -0.05) is 0 Å². The first kappa shape index (κ1) is 18.9. The first-order valence-corrected chi connectivity index (χ1v) is 9.67. The third-order valence-corrected chi connectivity index (χ3v) is 6.95. The largest absolute Gasteiger partial charge is 0.481 e. The second kappa shape index (κ2) is 6.36. The molecule has 0 aliphatic carbocycles. The highest BCUT2D eigenvalue weighted by atomic mass is 32.2. The van der Waals surface area contributed by atoms with E-state index in [2.05, 4.69) is 0 Å². The number of aryl methyl sites for hydroxylation is 1. The number of sulfonamides is 1. The number of fused-ring (bicyclic) bond motifs is 1. The molecule has 0 unspecified atom stereocenters. The molecular formula is C16H22N2O7S. The maximum Gasteiger partial charge on any atom is 0.311 e. The first-order chi connectivity index (χ1) is 12.1. The number of hydrogen-bond acceptors (Lipinski definition) is 6. The van der Waals surface area contributed by atoms with Gasteiger partial charge in [0.2, 0.25) is 5.09 Å². The van der Waals surface area contributed by atoms with Gasteiger partial charge in [0.25, 0.3) is 15.9 Å². The smallest absolute Gasteiger partial charge is 0.311 e. The van der Waals surface area contributed by atoms with Crippen LogP contribution in [0.4, 0.5) is 0 Å². The summed E-state index contributed by atoms with van der Waals surface area (Å²) in [6.45, 7) is 2.49. The second-order valence-corrected chi connectivity index (χ2v) is 9.07. The van der Waals surface area contributed by atoms with E-state index >= 15 is 0 Å². The number of carboxylic acid groups (broad SMARTS) is 1. The number of carbonyl (C=O) groups is 2. The molecule has 2 saturated heterocycles. The van der Waals surface area contributed by atoms with Crippen molar-refractivity contribution in [2.24, 2.45) is 11.3 Å². The van der Waals surface area contributed by atoms with Crippen molar-refractivity contribution in [1.29, 1.82) is 0 Å². The summed E-state index contributed by atoms with van der Waals surface area (Å²) in [5.74, 6) is -1.46. The van der Waals surface area contributed by atoms with Crippen molar-refractivity contribution in [3.63, 3.8) is 0 Å². The predicted octanol–water partition coefficient (Wildman–Crippen LogP) is 0.402. The molecule has 2 fully saturated rings. The molecule has 1 amide bonds. The fourth-order valence-corrected chi connectivity index (χ4v) is 4.46. The number of aliphatic carboxylic acids is 1. The summed E-state index contributed by atoms with van der Waals surface area (Å²) >= 11 is 0. The maximum absolute atomic E-state index is 12.9. The number of carbonyl (C=O) groups excluding carboxylic acids is 1. The molecule has 2 aliphatic heterocycles. The van der Waals surface area contributed by atoms with Gasteiger partial charge in [-0.3, -0.25) is 9.59 Å². The molecule has 1 aromatic rings. The highest BCUT2D eigenvalue weighted by molar-refractivity contribution is 7.88. The van der Waals surface area contributed by atoms with Crippen molar-refractivity contribution in [1.82, 2.24) is 9.21 Å². The molecule has 2 aliphatic rings. The molecule has 0 saturated carbocycles. The highest BCUT2D eigenvalue weighted by Gasteiger charge is 2.55. The highest BCUT2D eigenvalue weighted by Crippen LogP contribution is 2.43. The van der Waals surface area contributed by atoms with Crippen LogP contribution in [-0.4, -0.2) is 75.0 Å². The van der Waals surface area contributed by atoms with Gasteiger partial charge in [-0.2, -0.15) is 0 Å². The summed E-state index contributed by atoms with van der Waals surface area (Å²) in [5.41, 5.74) is -0.880. The lowest BCUT2D eigenvalue weighted by molar-refractivity contribution is -0.157. The predicted molar refractivity (Wildman–Crippen MR) is 89.2 cm³/mol. The van der Waals surface area contributed by atoms with Crippen LogP contribution in [0.5, 0.6) is 0 Å². The Morgan fingerprint density at radius 3 is 2.65 bits per heavy atom. The number of furan rings is 1. The summed E-state index contributed by atoms with van der Waals surface area (Å²) in [4.78, 5) is 26.2. The van der Waals surface area contributed by atoms with Crippen LogP contribution in [0, 0.1) is 18.3 Å². The normalized spacial score (nSPS) is 26.2. The number of nitrogens with zero attached hydrogens (tertiary/aromatic N) is 2. The van der Waals surface area contributed by atoms with Gasteiger partial charge in [-0.25, -0.2) is 12.7 Å². The van der Waals surface area contributed by atoms with E-state index in [0.29, 0.717) is 19.6 Å². The van der Waals surface area contributed by atoms with Gasteiger partial charge in [-0.15, -0.1) is 0 Å². The van der Waals surface area contributed by atoms with Crippen LogP contribution in [0.25, 0.3) is 0 Å². The van der Waals surface area contributed by atoms with Gasteiger partial charge < -0.3 is 19.2 Å². The van der Waals surface area contributed by atoms with Gasteiger partial charge in [0.1, 0.15) is 5.76 Å². The summed E-state index contributed by atoms with van der Waals surface area (Å²) in [5, 5.41) is 9.39. The number of hydrogen-bond donors (Lipinski definition) is 1. The molecule has 3 rings (SSSR count). The Bertz CT molecular complexity index is 845. The van der Waals surface area contributed by atoms with Crippen LogP contribution >= 0.6 is 0 Å². The lowest BCUT2D eigenvalue weighted by Crippen LogP contribution is -2.45. The van der Waals surface area contributed by atoms with Gasteiger partial charge >= 0.3 is 5.97 Å². The SMILES string of the molecule is Cc1oc(S(=O)(=O)N(C)C)cc1C(=O)N1C[C@H]2COCC[C@@]2(C(=O)O)C1. The standard InChI is InChI=1S/C16H22N2O7S/c1-10-12(6-13(25-10)26(22,23)17(2)3)14(19)18-7-11-8-24-5-4-16(11,9-18)15(20)21/h6,11H,4-5,7-9H2,1-3H3,(H,20,21)/t11-,16+/m0/s1. The third-order valence-electron chi connectivity index (χ3n) is 5.28. The summed E-state index contributed by atoms with van der Waals surface area (Å²) in [6.07, 6.45) is 0.349. The minimum atomic E-state index is -3.80. The number of likely N-dealkylation sites (tertiary alicyclic amines) is 1. The Labute approximate surface area is 151 Å². The van der Waals surface area contributed by atoms with Gasteiger partial charge in [0, 0.05) is 45.8 Å². The maximum atomic E-state index is 12.9. The zero-order chi connectivity index (χ0) is 19.3. The van der Waals surface area contributed by atoms with E-state index in [1.54, 1.807) is 0 Å². The molecule has 10 heteroatoms. The molecule has 0 aromatic carbocycles. The molecule has 26 heavy (non-hydrogen) atoms. The second-order valence-electron chi connectivity index (χ2n) is 6.99. The molecule has 1 aromatic heterocycles. The number of amides is 1. The number of carboxylic acids is 1. The Kier molecular flexibility index (Phi) is 4.62. The quantitative estimate of drug-likeness (QED) is 0.796. The van der Waals surface area contributed by atoms with Crippen LogP contribution in [0.2, 0.25) is 0 Å². The van der Waals surface area contributed by atoms with Gasteiger partial charge in [0.15, 0.2) is 0 Å². The van der Waals surface area contributed by atoms with Crippen molar-refractivity contribution in [2.45, 2.75) is 18.4 Å². The van der Waals surface area contributed by atoms with Crippen LogP contribution < -0.4 is 0 Å². The van der Waals surface area contributed by atoms with E-state index in [0.717, 1.165) is 4.31 Å². The van der Waals surface area contributed by atoms with Gasteiger partial charge in [0.05, 0.1) is 17.6 Å². The third kappa shape index (κ3) is 2.81. The minimum absolute atomic E-state index is 0.0789. The van der Waals surface area contributed by atoms with Crippen molar-refractivity contribution in [3.05, 3.63) is 17.4 Å². The topological polar surface area (TPSA) is 117 Å². The molecule has 2 atom stereocenters. The van der Waals surface area contributed by atoms with E-state index < -0.39 is 27.3 Å². The van der Waals surface area contributed by atoms with Crippen molar-refractivity contribution < 1.29 is 32.3 Å². The zero-order valence-electron chi connectivity index (χ0n) is 14.9. The molecule has 144 valence electrons. The fourth-order valence-electron chi connectivity index (χ4n) is 3.60. The molecular weight excluding hydrogens is 364 g/mol.